The van der Waals surface area contributed by atoms with Gasteiger partial charge in [0.2, 0.25) is 0 Å². The van der Waals surface area contributed by atoms with Crippen LogP contribution in [0.2, 0.25) is 0 Å². The molecule has 1 radical (unpaired) electrons. The van der Waals surface area contributed by atoms with Gasteiger partial charge in [-0.2, -0.15) is 0 Å². The third-order valence-corrected chi connectivity index (χ3v) is 8.58. The maximum absolute atomic E-state index is 6.48. The minimum Gasteiger partial charge on any atom is -0.498 e. The van der Waals surface area contributed by atoms with Gasteiger partial charge in [0, 0.05) is 43.3 Å². The van der Waals surface area contributed by atoms with Crippen LogP contribution in [0.1, 0.15) is 52.1 Å². The molecule has 7 aromatic rings. The normalized spacial score (nSPS) is 11.8. The van der Waals surface area contributed by atoms with E-state index in [1.165, 1.54) is 5.56 Å². The number of nitrogens with zero attached hydrogens (tertiary/aromatic N) is 3. The average Bonchev–Trinajstić information content (AvgIpc) is 3.60. The molecule has 0 amide bonds. The maximum Gasteiger partial charge on any atom is 0.148 e. The van der Waals surface area contributed by atoms with Gasteiger partial charge in [-0.3, -0.25) is 0 Å². The predicted molar refractivity (Wildman–Crippen MR) is 175 cm³/mol. The predicted octanol–water partition coefficient (Wildman–Crippen LogP) is 10.2. The van der Waals surface area contributed by atoms with E-state index in [-0.39, 0.29) is 30.9 Å². The number of hydrogen-bond donors (Lipinski definition) is 0. The fourth-order valence-corrected chi connectivity index (χ4v) is 5.83. The molecule has 0 fully saturated rings. The van der Waals surface area contributed by atoms with E-state index < -0.39 is 0 Å². The molecular formula is C37H33IrN3OS-2. The molecule has 7 rings (SSSR count). The van der Waals surface area contributed by atoms with Crippen molar-refractivity contribution in [1.29, 1.82) is 0 Å². The van der Waals surface area contributed by atoms with E-state index in [4.69, 9.17) is 9.40 Å². The van der Waals surface area contributed by atoms with Crippen LogP contribution >= 0.6 is 11.3 Å². The first-order valence-electron chi connectivity index (χ1n) is 14.1. The maximum atomic E-state index is 6.48. The Labute approximate surface area is 270 Å². The Balaban J connectivity index is 0.000000238. The van der Waals surface area contributed by atoms with Gasteiger partial charge in [-0.1, -0.05) is 76.8 Å². The minimum atomic E-state index is 0. The molecule has 4 aromatic heterocycles. The van der Waals surface area contributed by atoms with Gasteiger partial charge in [0.25, 0.3) is 0 Å². The van der Waals surface area contributed by atoms with E-state index in [9.17, 15) is 0 Å². The van der Waals surface area contributed by atoms with Crippen LogP contribution in [0.3, 0.4) is 0 Å². The number of furan rings is 1. The first-order valence-corrected chi connectivity index (χ1v) is 14.9. The Bertz CT molecular complexity index is 1960. The van der Waals surface area contributed by atoms with E-state index in [0.29, 0.717) is 0 Å². The van der Waals surface area contributed by atoms with Crippen molar-refractivity contribution in [3.05, 3.63) is 114 Å². The molecule has 0 saturated carbocycles. The molecule has 0 bridgehead atoms. The second-order valence-corrected chi connectivity index (χ2v) is 13.5. The molecule has 0 aliphatic carbocycles. The van der Waals surface area contributed by atoms with Crippen molar-refractivity contribution in [2.24, 2.45) is 0 Å². The summed E-state index contributed by atoms with van der Waals surface area (Å²) in [5.74, 6) is 0. The minimum absolute atomic E-state index is 0. The summed E-state index contributed by atoms with van der Waals surface area (Å²) < 4.78 is 7.63. The van der Waals surface area contributed by atoms with Crippen LogP contribution in [0.5, 0.6) is 0 Å². The summed E-state index contributed by atoms with van der Waals surface area (Å²) in [7, 11) is 0. The van der Waals surface area contributed by atoms with Crippen molar-refractivity contribution in [3.8, 4) is 22.5 Å². The Morgan fingerprint density at radius 3 is 2.16 bits per heavy atom. The summed E-state index contributed by atoms with van der Waals surface area (Å²) in [5, 5.41) is 3.29. The van der Waals surface area contributed by atoms with Crippen LogP contribution < -0.4 is 0 Å². The molecule has 0 atom stereocenters. The summed E-state index contributed by atoms with van der Waals surface area (Å²) in [6.45, 7) is 13.2. The number of fused-ring (bicyclic) bond motifs is 5. The fourth-order valence-electron chi connectivity index (χ4n) is 4.81. The second kappa shape index (κ2) is 12.1. The summed E-state index contributed by atoms with van der Waals surface area (Å²) in [5.41, 5.74) is 7.72. The monoisotopic (exact) mass is 760 g/mol. The van der Waals surface area contributed by atoms with E-state index in [1.54, 1.807) is 17.5 Å². The largest absolute Gasteiger partial charge is 0.498 e. The van der Waals surface area contributed by atoms with Gasteiger partial charge in [-0.25, -0.2) is 4.98 Å². The van der Waals surface area contributed by atoms with Crippen LogP contribution in [-0.4, -0.2) is 15.0 Å². The molecular weight excluding hydrogens is 727 g/mol. The molecule has 4 nitrogen and oxygen atoms in total. The van der Waals surface area contributed by atoms with E-state index in [1.807, 2.05) is 54.7 Å². The van der Waals surface area contributed by atoms with Crippen molar-refractivity contribution >= 4 is 43.5 Å². The third kappa shape index (κ3) is 6.33. The van der Waals surface area contributed by atoms with Crippen molar-refractivity contribution in [2.45, 2.75) is 52.4 Å². The molecule has 0 aliphatic rings. The molecule has 6 heteroatoms. The van der Waals surface area contributed by atoms with E-state index >= 15 is 0 Å². The van der Waals surface area contributed by atoms with E-state index in [0.717, 1.165) is 59.7 Å². The Hall–Kier alpha value is -3.70. The second-order valence-electron chi connectivity index (χ2n) is 12.4. The summed E-state index contributed by atoms with van der Waals surface area (Å²) in [4.78, 5) is 13.8. The van der Waals surface area contributed by atoms with Crippen LogP contribution in [-0.2, 0) is 30.9 Å². The van der Waals surface area contributed by atoms with E-state index in [2.05, 4.69) is 94.0 Å². The first kappa shape index (κ1) is 30.7. The van der Waals surface area contributed by atoms with Crippen molar-refractivity contribution in [2.75, 3.05) is 0 Å². The quantitative estimate of drug-likeness (QED) is 0.165. The Morgan fingerprint density at radius 2 is 1.47 bits per heavy atom. The molecule has 0 spiro atoms. The van der Waals surface area contributed by atoms with Crippen LogP contribution in [0.25, 0.3) is 54.7 Å². The Morgan fingerprint density at radius 1 is 0.698 bits per heavy atom. The summed E-state index contributed by atoms with van der Waals surface area (Å²) in [6.07, 6.45) is 3.66. The van der Waals surface area contributed by atoms with Crippen LogP contribution in [0, 0.1) is 12.1 Å². The van der Waals surface area contributed by atoms with Crippen molar-refractivity contribution < 1.29 is 24.5 Å². The van der Waals surface area contributed by atoms with Crippen LogP contribution in [0.4, 0.5) is 0 Å². The molecule has 0 saturated heterocycles. The number of aromatic nitrogens is 3. The van der Waals surface area contributed by atoms with Gasteiger partial charge in [0.1, 0.15) is 11.1 Å². The zero-order chi connectivity index (χ0) is 29.5. The topological polar surface area (TPSA) is 51.8 Å². The molecule has 0 aliphatic heterocycles. The molecule has 0 unspecified atom stereocenters. The van der Waals surface area contributed by atoms with Gasteiger partial charge < -0.3 is 14.4 Å². The number of pyridine rings is 2. The number of hydrogen-bond acceptors (Lipinski definition) is 5. The summed E-state index contributed by atoms with van der Waals surface area (Å²) >= 11 is 1.74. The summed E-state index contributed by atoms with van der Waals surface area (Å²) in [6, 6.07) is 32.8. The smallest absolute Gasteiger partial charge is 0.148 e. The molecule has 219 valence electrons. The van der Waals surface area contributed by atoms with Crippen LogP contribution in [0.15, 0.2) is 95.7 Å². The molecule has 3 aromatic carbocycles. The number of thiazole rings is 1. The van der Waals surface area contributed by atoms with Gasteiger partial charge >= 0.3 is 0 Å². The fraction of sp³-hybridized carbons (Fsp3) is 0.216. The SMILES string of the molecule is CC(C)(C)c1ccnc(-c2[c-]ccc3c2oc2c3ccc3sc(C(C)(C)C)nc32)c1.[Ir].[c-]1ccccc1-c1ccccn1. The molecule has 43 heavy (non-hydrogen) atoms. The number of benzene rings is 3. The zero-order valence-corrected chi connectivity index (χ0v) is 28.4. The molecule has 4 heterocycles. The van der Waals surface area contributed by atoms with Gasteiger partial charge in [-0.15, -0.1) is 65.4 Å². The van der Waals surface area contributed by atoms with Gasteiger partial charge in [-0.05, 0) is 40.6 Å². The third-order valence-electron chi connectivity index (χ3n) is 7.13. The van der Waals surface area contributed by atoms with Crippen molar-refractivity contribution in [1.82, 2.24) is 15.0 Å². The zero-order valence-electron chi connectivity index (χ0n) is 25.2. The standard InChI is InChI=1S/C26H25N2OS.C11H8N.Ir/c1-25(2,3)15-12-13-27-19(14-15)18-9-7-8-16-17-10-11-20-21(23(17)29-22(16)18)28-24(30-20)26(4,5)6;1-2-6-10(7-3-1)11-8-4-5-9-12-11;/h7-8,10-14H,1-6H3;1-6,8-9H;/q2*-1;. The van der Waals surface area contributed by atoms with Gasteiger partial charge in [0.15, 0.2) is 0 Å². The average molecular weight is 760 g/mol. The molecule has 0 N–H and O–H groups in total. The number of rotatable bonds is 2. The van der Waals surface area contributed by atoms with Gasteiger partial charge in [0.05, 0.1) is 15.3 Å². The first-order chi connectivity index (χ1) is 20.1. The Kier molecular flexibility index (Phi) is 8.67. The van der Waals surface area contributed by atoms with Crippen molar-refractivity contribution in [3.63, 3.8) is 0 Å².